The van der Waals surface area contributed by atoms with Crippen LogP contribution in [0.2, 0.25) is 0 Å². The summed E-state index contributed by atoms with van der Waals surface area (Å²) in [7, 11) is 1.53. The quantitative estimate of drug-likeness (QED) is 0.210. The summed E-state index contributed by atoms with van der Waals surface area (Å²) >= 11 is 1.25. The summed E-state index contributed by atoms with van der Waals surface area (Å²) in [6.45, 7) is 5.69. The van der Waals surface area contributed by atoms with Gasteiger partial charge in [-0.15, -0.1) is 0 Å². The number of rotatable bonds is 4. The lowest BCUT2D eigenvalue weighted by molar-refractivity contribution is -0.132. The van der Waals surface area contributed by atoms with Crippen molar-refractivity contribution in [2.24, 2.45) is 0 Å². The Labute approximate surface area is 211 Å². The van der Waals surface area contributed by atoms with Crippen LogP contribution in [0, 0.1) is 26.6 Å². The molecule has 36 heavy (non-hydrogen) atoms. The van der Waals surface area contributed by atoms with E-state index in [4.69, 9.17) is 4.74 Å². The molecule has 1 aliphatic heterocycles. The molecular weight excluding hydrogens is 479 g/mol. The summed E-state index contributed by atoms with van der Waals surface area (Å²) in [6, 6.07) is 13.6. The summed E-state index contributed by atoms with van der Waals surface area (Å²) in [5.41, 5.74) is 3.63. The molecule has 1 fully saturated rings. The molecular formula is C28H23FN2O4S. The van der Waals surface area contributed by atoms with Crippen molar-refractivity contribution in [1.29, 1.82) is 0 Å². The number of thiazole rings is 1. The van der Waals surface area contributed by atoms with Crippen LogP contribution in [0.4, 0.5) is 9.52 Å². The Balaban J connectivity index is 1.75. The molecule has 1 amide bonds. The molecule has 1 N–H and O–H groups in total. The fraction of sp³-hybridized carbons (Fsp3) is 0.179. The van der Waals surface area contributed by atoms with Gasteiger partial charge in [-0.25, -0.2) is 9.37 Å². The van der Waals surface area contributed by atoms with Crippen LogP contribution in [0.3, 0.4) is 0 Å². The van der Waals surface area contributed by atoms with E-state index in [2.05, 4.69) is 4.98 Å². The van der Waals surface area contributed by atoms with Crippen LogP contribution in [-0.2, 0) is 9.59 Å². The van der Waals surface area contributed by atoms with Crippen molar-refractivity contribution in [2.75, 3.05) is 12.0 Å². The van der Waals surface area contributed by atoms with Gasteiger partial charge >= 0.3 is 5.91 Å². The predicted molar refractivity (Wildman–Crippen MR) is 138 cm³/mol. The zero-order valence-corrected chi connectivity index (χ0v) is 20.9. The second kappa shape index (κ2) is 8.87. The van der Waals surface area contributed by atoms with Gasteiger partial charge in [0.15, 0.2) is 5.13 Å². The van der Waals surface area contributed by atoms with Crippen molar-refractivity contribution in [3.63, 3.8) is 0 Å². The monoisotopic (exact) mass is 502 g/mol. The topological polar surface area (TPSA) is 79.7 Å². The molecule has 182 valence electrons. The van der Waals surface area contributed by atoms with Crippen molar-refractivity contribution >= 4 is 44.1 Å². The third-order valence-electron chi connectivity index (χ3n) is 6.34. The molecule has 0 aliphatic carbocycles. The van der Waals surface area contributed by atoms with E-state index >= 15 is 4.39 Å². The van der Waals surface area contributed by atoms with Crippen LogP contribution >= 0.6 is 11.3 Å². The number of methoxy groups -OCH3 is 1. The summed E-state index contributed by atoms with van der Waals surface area (Å²) < 4.78 is 21.3. The number of amides is 1. The van der Waals surface area contributed by atoms with Gasteiger partial charge in [0.25, 0.3) is 5.78 Å². The minimum absolute atomic E-state index is 0.0932. The molecule has 1 aromatic heterocycles. The Kier molecular flexibility index (Phi) is 5.84. The lowest BCUT2D eigenvalue weighted by atomic mass is 9.94. The standard InChI is InChI=1S/C28H23FN2O4S/c1-14-11-16(3)23-21(12-14)36-28(30-23)31-24(18-7-5-6-8-19(18)29)22(26(33)27(31)34)25(32)17-9-10-20(35-4)15(2)13-17/h5-13,24,32H,1-4H3/t24-/m1/s1. The number of aliphatic hydroxyl groups excluding tert-OH is 1. The lowest BCUT2D eigenvalue weighted by Crippen LogP contribution is -2.29. The van der Waals surface area contributed by atoms with Gasteiger partial charge in [-0.3, -0.25) is 14.5 Å². The molecule has 4 aromatic rings. The third-order valence-corrected chi connectivity index (χ3v) is 7.34. The number of anilines is 1. The molecule has 6 nitrogen and oxygen atoms in total. The molecule has 5 rings (SSSR count). The van der Waals surface area contributed by atoms with E-state index in [9.17, 15) is 14.7 Å². The molecule has 0 spiro atoms. The number of nitrogens with zero attached hydrogens (tertiary/aromatic N) is 2. The maximum atomic E-state index is 15.1. The Morgan fingerprint density at radius 2 is 1.81 bits per heavy atom. The van der Waals surface area contributed by atoms with Gasteiger partial charge in [-0.2, -0.15) is 0 Å². The van der Waals surface area contributed by atoms with Crippen LogP contribution < -0.4 is 9.64 Å². The Hall–Kier alpha value is -4.04. The number of aliphatic hydroxyl groups is 1. The van der Waals surface area contributed by atoms with Crippen molar-refractivity contribution in [3.8, 4) is 5.75 Å². The predicted octanol–water partition coefficient (Wildman–Crippen LogP) is 6.00. The van der Waals surface area contributed by atoms with E-state index in [1.807, 2.05) is 26.0 Å². The second-order valence-electron chi connectivity index (χ2n) is 8.80. The molecule has 1 aliphatic rings. The van der Waals surface area contributed by atoms with E-state index in [1.54, 1.807) is 31.2 Å². The number of halogens is 1. The normalized spacial score (nSPS) is 17.2. The fourth-order valence-electron chi connectivity index (χ4n) is 4.66. The minimum Gasteiger partial charge on any atom is -0.507 e. The number of carbonyl (C=O) groups excluding carboxylic acids is 2. The van der Waals surface area contributed by atoms with Crippen molar-refractivity contribution in [2.45, 2.75) is 26.8 Å². The van der Waals surface area contributed by atoms with Crippen LogP contribution in [-0.4, -0.2) is 28.9 Å². The summed E-state index contributed by atoms with van der Waals surface area (Å²) in [5.74, 6) is -2.15. The zero-order chi connectivity index (χ0) is 25.7. The number of Topliss-reactive ketones (excluding diaryl/α,β-unsaturated/α-hetero) is 1. The van der Waals surface area contributed by atoms with Gasteiger partial charge in [0.1, 0.15) is 23.4 Å². The maximum Gasteiger partial charge on any atom is 0.301 e. The van der Waals surface area contributed by atoms with Crippen molar-refractivity contribution < 1.29 is 23.8 Å². The first-order chi connectivity index (χ1) is 17.2. The Morgan fingerprint density at radius 3 is 2.50 bits per heavy atom. The van der Waals surface area contributed by atoms with Gasteiger partial charge in [0.2, 0.25) is 0 Å². The Morgan fingerprint density at radius 1 is 1.06 bits per heavy atom. The Bertz CT molecular complexity index is 1590. The zero-order valence-electron chi connectivity index (χ0n) is 20.1. The molecule has 0 bridgehead atoms. The highest BCUT2D eigenvalue weighted by Crippen LogP contribution is 2.45. The SMILES string of the molecule is COc1ccc(C(O)=C2C(=O)C(=O)N(c3nc4c(C)cc(C)cc4s3)[C@@H]2c2ccccc2F)cc1C. The molecule has 1 atom stereocenters. The molecule has 3 aromatic carbocycles. The first-order valence-electron chi connectivity index (χ1n) is 11.3. The van der Waals surface area contributed by atoms with Crippen molar-refractivity contribution in [1.82, 2.24) is 4.98 Å². The largest absolute Gasteiger partial charge is 0.507 e. The third kappa shape index (κ3) is 3.74. The highest BCUT2D eigenvalue weighted by molar-refractivity contribution is 7.22. The van der Waals surface area contributed by atoms with E-state index in [-0.39, 0.29) is 22.0 Å². The highest BCUT2D eigenvalue weighted by atomic mass is 32.1. The number of benzene rings is 3. The summed E-state index contributed by atoms with van der Waals surface area (Å²) in [6.07, 6.45) is 0. The minimum atomic E-state index is -1.18. The van der Waals surface area contributed by atoms with E-state index < -0.39 is 23.5 Å². The van der Waals surface area contributed by atoms with Crippen LogP contribution in [0.5, 0.6) is 5.75 Å². The smallest absolute Gasteiger partial charge is 0.301 e. The number of aromatic nitrogens is 1. The fourth-order valence-corrected chi connectivity index (χ4v) is 5.83. The van der Waals surface area contributed by atoms with Crippen LogP contribution in [0.25, 0.3) is 16.0 Å². The molecule has 2 heterocycles. The number of hydrogen-bond acceptors (Lipinski definition) is 6. The van der Waals surface area contributed by atoms with Gasteiger partial charge in [0.05, 0.1) is 22.9 Å². The number of hydrogen-bond donors (Lipinski definition) is 1. The number of fused-ring (bicyclic) bond motifs is 1. The van der Waals surface area contributed by atoms with E-state index in [1.165, 1.54) is 41.5 Å². The van der Waals surface area contributed by atoms with Crippen LogP contribution in [0.1, 0.15) is 33.9 Å². The van der Waals surface area contributed by atoms with Crippen molar-refractivity contribution in [3.05, 3.63) is 93.8 Å². The first kappa shape index (κ1) is 23.7. The van der Waals surface area contributed by atoms with Crippen LogP contribution in [0.15, 0.2) is 60.2 Å². The highest BCUT2D eigenvalue weighted by Gasteiger charge is 2.49. The van der Waals surface area contributed by atoms with E-state index in [0.29, 0.717) is 16.8 Å². The maximum absolute atomic E-state index is 15.1. The summed E-state index contributed by atoms with van der Waals surface area (Å²) in [5, 5.41) is 11.6. The number of ether oxygens (including phenoxy) is 1. The molecule has 0 saturated carbocycles. The van der Waals surface area contributed by atoms with E-state index in [0.717, 1.165) is 21.4 Å². The molecule has 8 heteroatoms. The van der Waals surface area contributed by atoms with Gasteiger partial charge < -0.3 is 9.84 Å². The molecule has 0 radical (unpaired) electrons. The van der Waals surface area contributed by atoms with Gasteiger partial charge in [-0.05, 0) is 67.8 Å². The van der Waals surface area contributed by atoms with Gasteiger partial charge in [-0.1, -0.05) is 35.6 Å². The number of aryl methyl sites for hydroxylation is 3. The number of ketones is 1. The number of carbonyl (C=O) groups is 2. The van der Waals surface area contributed by atoms with Gasteiger partial charge in [0, 0.05) is 11.1 Å². The lowest BCUT2D eigenvalue weighted by Gasteiger charge is -2.23. The molecule has 1 saturated heterocycles. The second-order valence-corrected chi connectivity index (χ2v) is 9.81. The average Bonchev–Trinajstić information content (AvgIpc) is 3.37. The first-order valence-corrected chi connectivity index (χ1v) is 12.1. The average molecular weight is 503 g/mol. The molecule has 0 unspecified atom stereocenters. The summed E-state index contributed by atoms with van der Waals surface area (Å²) in [4.78, 5) is 32.6.